The third kappa shape index (κ3) is 5.85. The van der Waals surface area contributed by atoms with Gasteiger partial charge in [0.2, 0.25) is 0 Å². The molecule has 3 aromatic rings. The standard InChI is InChI=1S/C28H34F2N4O4/c1-17(2)33-9-4-5-18(15-33)16-37-21-8-10-34-22(14-31-25(34)13-21)19-11-23(36-3)26(24(12-19)38-28(29)30)27(35)32-20-6-7-20/h8,10-14,17-18,20,28H,4-7,9,15-16H2,1-3H3,(H,32,35)/t18-/m1/s1. The second kappa shape index (κ2) is 11.1. The Balaban J connectivity index is 1.38. The van der Waals surface area contributed by atoms with Crippen LogP contribution in [0.4, 0.5) is 8.78 Å². The number of aromatic nitrogens is 2. The predicted molar refractivity (Wildman–Crippen MR) is 139 cm³/mol. The highest BCUT2D eigenvalue weighted by Crippen LogP contribution is 2.37. The fraction of sp³-hybridized carbons (Fsp3) is 0.500. The molecule has 10 heteroatoms. The molecule has 0 radical (unpaired) electrons. The first kappa shape index (κ1) is 26.2. The van der Waals surface area contributed by atoms with E-state index in [0.29, 0.717) is 35.5 Å². The number of imidazole rings is 1. The molecule has 2 fully saturated rings. The molecule has 0 unspecified atom stereocenters. The molecule has 1 aliphatic heterocycles. The van der Waals surface area contributed by atoms with Crippen LogP contribution in [-0.2, 0) is 0 Å². The molecule has 1 aliphatic carbocycles. The first-order valence-electron chi connectivity index (χ1n) is 13.1. The average molecular weight is 529 g/mol. The summed E-state index contributed by atoms with van der Waals surface area (Å²) >= 11 is 0. The van der Waals surface area contributed by atoms with Crippen LogP contribution in [0.2, 0.25) is 0 Å². The lowest BCUT2D eigenvalue weighted by Crippen LogP contribution is -2.41. The van der Waals surface area contributed by atoms with Crippen molar-refractivity contribution < 1.29 is 27.8 Å². The van der Waals surface area contributed by atoms with Crippen molar-refractivity contribution in [2.24, 2.45) is 5.92 Å². The number of ether oxygens (including phenoxy) is 3. The van der Waals surface area contributed by atoms with Gasteiger partial charge in [-0.15, -0.1) is 0 Å². The van der Waals surface area contributed by atoms with Crippen molar-refractivity contribution in [2.45, 2.75) is 58.2 Å². The summed E-state index contributed by atoms with van der Waals surface area (Å²) in [5.74, 6) is 0.608. The van der Waals surface area contributed by atoms with Gasteiger partial charge in [0.05, 0.1) is 25.6 Å². The fourth-order valence-corrected chi connectivity index (χ4v) is 4.98. The lowest BCUT2D eigenvalue weighted by molar-refractivity contribution is -0.0502. The third-order valence-electron chi connectivity index (χ3n) is 7.19. The van der Waals surface area contributed by atoms with Gasteiger partial charge in [-0.3, -0.25) is 9.20 Å². The number of hydrogen-bond donors (Lipinski definition) is 1. The number of hydrogen-bond acceptors (Lipinski definition) is 6. The molecule has 1 N–H and O–H groups in total. The number of likely N-dealkylation sites (tertiary alicyclic amines) is 1. The normalized spacial score (nSPS) is 18.2. The van der Waals surface area contributed by atoms with Crippen LogP contribution < -0.4 is 19.5 Å². The zero-order chi connectivity index (χ0) is 26.8. The van der Waals surface area contributed by atoms with Crippen molar-refractivity contribution in [3.8, 4) is 28.5 Å². The number of amides is 1. The van der Waals surface area contributed by atoms with Gasteiger partial charge in [-0.05, 0) is 64.3 Å². The number of rotatable bonds is 10. The van der Waals surface area contributed by atoms with Crippen molar-refractivity contribution in [1.29, 1.82) is 0 Å². The molecule has 2 aromatic heterocycles. The summed E-state index contributed by atoms with van der Waals surface area (Å²) in [5, 5.41) is 2.81. The monoisotopic (exact) mass is 528 g/mol. The van der Waals surface area contributed by atoms with Crippen molar-refractivity contribution >= 4 is 11.6 Å². The van der Waals surface area contributed by atoms with Gasteiger partial charge in [0.25, 0.3) is 5.91 Å². The van der Waals surface area contributed by atoms with Crippen LogP contribution in [0.5, 0.6) is 17.2 Å². The number of alkyl halides is 2. The van der Waals surface area contributed by atoms with Crippen LogP contribution in [0, 0.1) is 5.92 Å². The van der Waals surface area contributed by atoms with E-state index in [1.165, 1.54) is 19.6 Å². The predicted octanol–water partition coefficient (Wildman–Crippen LogP) is 5.00. The van der Waals surface area contributed by atoms with Crippen molar-refractivity contribution in [2.75, 3.05) is 26.8 Å². The highest BCUT2D eigenvalue weighted by atomic mass is 19.3. The van der Waals surface area contributed by atoms with E-state index in [1.807, 2.05) is 22.7 Å². The number of pyridine rings is 1. The van der Waals surface area contributed by atoms with E-state index in [1.54, 1.807) is 12.3 Å². The highest BCUT2D eigenvalue weighted by molar-refractivity contribution is 6.01. The summed E-state index contributed by atoms with van der Waals surface area (Å²) in [6.07, 6.45) is 7.53. The summed E-state index contributed by atoms with van der Waals surface area (Å²) in [6, 6.07) is 7.37. The topological polar surface area (TPSA) is 77.3 Å². The quantitative estimate of drug-likeness (QED) is 0.399. The van der Waals surface area contributed by atoms with Gasteiger partial charge in [-0.1, -0.05) is 0 Å². The van der Waals surface area contributed by atoms with E-state index >= 15 is 0 Å². The van der Waals surface area contributed by atoms with E-state index in [9.17, 15) is 13.6 Å². The van der Waals surface area contributed by atoms with Crippen LogP contribution in [0.15, 0.2) is 36.7 Å². The summed E-state index contributed by atoms with van der Waals surface area (Å²) in [7, 11) is 1.39. The Morgan fingerprint density at radius 3 is 2.68 bits per heavy atom. The summed E-state index contributed by atoms with van der Waals surface area (Å²) in [4.78, 5) is 19.8. The molecule has 8 nitrogen and oxygen atoms in total. The number of nitrogens with one attached hydrogen (secondary N) is 1. The number of fused-ring (bicyclic) bond motifs is 1. The van der Waals surface area contributed by atoms with Gasteiger partial charge in [0, 0.05) is 42.4 Å². The van der Waals surface area contributed by atoms with Crippen molar-refractivity contribution in [1.82, 2.24) is 19.6 Å². The molecule has 38 heavy (non-hydrogen) atoms. The minimum Gasteiger partial charge on any atom is -0.496 e. The lowest BCUT2D eigenvalue weighted by atomic mass is 9.98. The molecule has 1 atom stereocenters. The van der Waals surface area contributed by atoms with Crippen LogP contribution >= 0.6 is 0 Å². The van der Waals surface area contributed by atoms with E-state index < -0.39 is 12.5 Å². The Morgan fingerprint density at radius 1 is 1.18 bits per heavy atom. The number of piperidine rings is 1. The summed E-state index contributed by atoms with van der Waals surface area (Å²) < 4.78 is 44.7. The lowest BCUT2D eigenvalue weighted by Gasteiger charge is -2.35. The maximum absolute atomic E-state index is 13.3. The molecule has 204 valence electrons. The van der Waals surface area contributed by atoms with Crippen molar-refractivity contribution in [3.05, 3.63) is 42.2 Å². The first-order valence-corrected chi connectivity index (χ1v) is 13.1. The van der Waals surface area contributed by atoms with Gasteiger partial charge >= 0.3 is 6.61 Å². The van der Waals surface area contributed by atoms with Gasteiger partial charge in [-0.25, -0.2) is 4.98 Å². The maximum atomic E-state index is 13.3. The maximum Gasteiger partial charge on any atom is 0.387 e. The van der Waals surface area contributed by atoms with E-state index in [4.69, 9.17) is 14.2 Å². The number of benzene rings is 1. The Labute approximate surface area is 220 Å². The first-order chi connectivity index (χ1) is 18.3. The van der Waals surface area contributed by atoms with Gasteiger partial charge in [0.1, 0.15) is 28.5 Å². The molecule has 1 aromatic carbocycles. The zero-order valence-electron chi connectivity index (χ0n) is 22.0. The second-order valence-electron chi connectivity index (χ2n) is 10.3. The molecule has 0 spiro atoms. The molecule has 2 aliphatic rings. The average Bonchev–Trinajstić information content (AvgIpc) is 3.61. The number of methoxy groups -OCH3 is 1. The Bertz CT molecular complexity index is 1290. The van der Waals surface area contributed by atoms with Crippen LogP contribution in [0.25, 0.3) is 16.9 Å². The Kier molecular flexibility index (Phi) is 7.69. The van der Waals surface area contributed by atoms with Crippen LogP contribution in [0.1, 0.15) is 49.9 Å². The molecule has 1 amide bonds. The van der Waals surface area contributed by atoms with Crippen molar-refractivity contribution in [3.63, 3.8) is 0 Å². The summed E-state index contributed by atoms with van der Waals surface area (Å²) in [5.41, 5.74) is 1.76. The van der Waals surface area contributed by atoms with Crippen LogP contribution in [-0.4, -0.2) is 65.7 Å². The molecular weight excluding hydrogens is 494 g/mol. The highest BCUT2D eigenvalue weighted by Gasteiger charge is 2.29. The van der Waals surface area contributed by atoms with Crippen LogP contribution in [0.3, 0.4) is 0 Å². The van der Waals surface area contributed by atoms with E-state index in [0.717, 1.165) is 38.1 Å². The number of carbonyl (C=O) groups excluding carboxylic acids is 1. The summed E-state index contributed by atoms with van der Waals surface area (Å²) in [6.45, 7) is 4.16. The Morgan fingerprint density at radius 2 is 1.97 bits per heavy atom. The van der Waals surface area contributed by atoms with E-state index in [-0.39, 0.29) is 23.1 Å². The fourth-order valence-electron chi connectivity index (χ4n) is 4.98. The Hall–Kier alpha value is -3.40. The SMILES string of the molecule is COc1cc(-c2cnc3cc(OC[C@@H]4CCCN(C(C)C)C4)ccn23)cc(OC(F)F)c1C(=O)NC1CC1. The molecule has 0 bridgehead atoms. The minimum absolute atomic E-state index is 0.0493. The second-order valence-corrected chi connectivity index (χ2v) is 10.3. The largest absolute Gasteiger partial charge is 0.496 e. The molecule has 3 heterocycles. The number of carbonyl (C=O) groups is 1. The molecular formula is C28H34F2N4O4. The third-order valence-corrected chi connectivity index (χ3v) is 7.19. The number of halogens is 2. The smallest absolute Gasteiger partial charge is 0.387 e. The van der Waals surface area contributed by atoms with Gasteiger partial charge in [-0.2, -0.15) is 8.78 Å². The number of nitrogens with zero attached hydrogens (tertiary/aromatic N) is 3. The van der Waals surface area contributed by atoms with Gasteiger partial charge < -0.3 is 24.4 Å². The molecule has 1 saturated heterocycles. The molecule has 1 saturated carbocycles. The molecule has 5 rings (SSSR count). The van der Waals surface area contributed by atoms with E-state index in [2.05, 4.69) is 29.0 Å². The zero-order valence-corrected chi connectivity index (χ0v) is 22.0. The van der Waals surface area contributed by atoms with Gasteiger partial charge in [0.15, 0.2) is 0 Å². The minimum atomic E-state index is -3.10.